The van der Waals surface area contributed by atoms with Crippen molar-refractivity contribution in [2.24, 2.45) is 11.8 Å². The molecule has 2 aliphatic rings. The van der Waals surface area contributed by atoms with Crippen molar-refractivity contribution in [3.05, 3.63) is 42.4 Å². The molecule has 2 fully saturated rings. The molecule has 0 aromatic carbocycles. The molecule has 4 heterocycles. The van der Waals surface area contributed by atoms with Gasteiger partial charge in [-0.2, -0.15) is 5.10 Å². The fourth-order valence-corrected chi connectivity index (χ4v) is 4.18. The number of aromatic nitrogens is 3. The fraction of sp³-hybridized carbons (Fsp3) is 0.545. The molecule has 7 heteroatoms. The molecule has 0 aliphatic carbocycles. The Bertz CT molecular complexity index is 841. The SMILES string of the molecule is CC(C)CC(=O)[C@H]1CCCN(C(=O)c2ccc(N3CC(n4cccn4)C3)nc2)C1. The average Bonchev–Trinajstić information content (AvgIpc) is 3.21. The molecule has 2 aromatic heterocycles. The summed E-state index contributed by atoms with van der Waals surface area (Å²) in [5.74, 6) is 1.48. The van der Waals surface area contributed by atoms with Gasteiger partial charge in [0, 0.05) is 57.1 Å². The van der Waals surface area contributed by atoms with E-state index in [0.29, 0.717) is 37.0 Å². The highest BCUT2D eigenvalue weighted by atomic mass is 16.2. The fourth-order valence-electron chi connectivity index (χ4n) is 4.18. The van der Waals surface area contributed by atoms with E-state index in [4.69, 9.17) is 0 Å². The Hall–Kier alpha value is -2.70. The molecule has 7 nitrogen and oxygen atoms in total. The first kappa shape index (κ1) is 19.6. The lowest BCUT2D eigenvalue weighted by atomic mass is 9.89. The van der Waals surface area contributed by atoms with Crippen LogP contribution in [0.3, 0.4) is 0 Å². The van der Waals surface area contributed by atoms with Crippen LogP contribution < -0.4 is 4.90 Å². The number of hydrogen-bond acceptors (Lipinski definition) is 5. The van der Waals surface area contributed by atoms with Crippen LogP contribution in [0.5, 0.6) is 0 Å². The van der Waals surface area contributed by atoms with Gasteiger partial charge in [-0.05, 0) is 37.0 Å². The van der Waals surface area contributed by atoms with Crippen LogP contribution in [0.4, 0.5) is 5.82 Å². The van der Waals surface area contributed by atoms with Crippen molar-refractivity contribution < 1.29 is 9.59 Å². The monoisotopic (exact) mass is 395 g/mol. The lowest BCUT2D eigenvalue weighted by molar-refractivity contribution is -0.124. The van der Waals surface area contributed by atoms with Crippen molar-refractivity contribution in [2.45, 2.75) is 39.2 Å². The Morgan fingerprint density at radius 1 is 1.21 bits per heavy atom. The van der Waals surface area contributed by atoms with E-state index in [1.807, 2.05) is 34.0 Å². The van der Waals surface area contributed by atoms with Gasteiger partial charge >= 0.3 is 0 Å². The van der Waals surface area contributed by atoms with Crippen molar-refractivity contribution in [1.29, 1.82) is 0 Å². The highest BCUT2D eigenvalue weighted by Crippen LogP contribution is 2.26. The molecule has 1 atom stereocenters. The molecule has 29 heavy (non-hydrogen) atoms. The molecule has 0 N–H and O–H groups in total. The van der Waals surface area contributed by atoms with E-state index in [9.17, 15) is 9.59 Å². The van der Waals surface area contributed by atoms with E-state index >= 15 is 0 Å². The van der Waals surface area contributed by atoms with Crippen LogP contribution in [0.15, 0.2) is 36.8 Å². The van der Waals surface area contributed by atoms with Gasteiger partial charge in [-0.15, -0.1) is 0 Å². The smallest absolute Gasteiger partial charge is 0.255 e. The van der Waals surface area contributed by atoms with Crippen molar-refractivity contribution in [1.82, 2.24) is 19.7 Å². The summed E-state index contributed by atoms with van der Waals surface area (Å²) in [4.78, 5) is 33.8. The molecule has 2 aromatic rings. The van der Waals surface area contributed by atoms with Crippen LogP contribution in [0.25, 0.3) is 0 Å². The first-order valence-corrected chi connectivity index (χ1v) is 10.5. The Morgan fingerprint density at radius 2 is 2.03 bits per heavy atom. The molecule has 0 spiro atoms. The van der Waals surface area contributed by atoms with Gasteiger partial charge in [0.1, 0.15) is 11.6 Å². The normalized spacial score (nSPS) is 20.0. The Balaban J connectivity index is 1.34. The van der Waals surface area contributed by atoms with Crippen molar-refractivity contribution >= 4 is 17.5 Å². The number of carbonyl (C=O) groups excluding carboxylic acids is 2. The number of nitrogens with zero attached hydrogens (tertiary/aromatic N) is 5. The molecule has 4 rings (SSSR count). The quantitative estimate of drug-likeness (QED) is 0.752. The molecule has 154 valence electrons. The second-order valence-electron chi connectivity index (χ2n) is 8.60. The van der Waals surface area contributed by atoms with E-state index in [2.05, 4.69) is 28.8 Å². The molecule has 2 aliphatic heterocycles. The average molecular weight is 396 g/mol. The molecule has 0 bridgehead atoms. The van der Waals surface area contributed by atoms with Gasteiger partial charge in [0.25, 0.3) is 5.91 Å². The number of ketones is 1. The van der Waals surface area contributed by atoms with Crippen LogP contribution in [0, 0.1) is 11.8 Å². The molecule has 0 saturated carbocycles. The number of hydrogen-bond donors (Lipinski definition) is 0. The van der Waals surface area contributed by atoms with Crippen molar-refractivity contribution in [3.63, 3.8) is 0 Å². The van der Waals surface area contributed by atoms with Gasteiger partial charge in [-0.3, -0.25) is 14.3 Å². The van der Waals surface area contributed by atoms with Crippen LogP contribution in [-0.2, 0) is 4.79 Å². The Morgan fingerprint density at radius 3 is 2.69 bits per heavy atom. The summed E-state index contributed by atoms with van der Waals surface area (Å²) >= 11 is 0. The number of pyridine rings is 1. The second kappa shape index (κ2) is 8.35. The summed E-state index contributed by atoms with van der Waals surface area (Å²) in [5.41, 5.74) is 0.592. The van der Waals surface area contributed by atoms with Crippen molar-refractivity contribution in [3.8, 4) is 0 Å². The van der Waals surface area contributed by atoms with Crippen molar-refractivity contribution in [2.75, 3.05) is 31.1 Å². The minimum Gasteiger partial charge on any atom is -0.352 e. The van der Waals surface area contributed by atoms with Gasteiger partial charge in [-0.25, -0.2) is 4.98 Å². The van der Waals surface area contributed by atoms with Crippen LogP contribution in [0.1, 0.15) is 49.5 Å². The van der Waals surface area contributed by atoms with Gasteiger partial charge in [-0.1, -0.05) is 13.8 Å². The zero-order valence-electron chi connectivity index (χ0n) is 17.2. The molecule has 2 saturated heterocycles. The highest BCUT2D eigenvalue weighted by Gasteiger charge is 2.31. The Labute approximate surface area is 171 Å². The molecule has 0 radical (unpaired) electrons. The molecular formula is C22H29N5O2. The summed E-state index contributed by atoms with van der Waals surface area (Å²) in [6, 6.07) is 6.08. The summed E-state index contributed by atoms with van der Waals surface area (Å²) < 4.78 is 1.97. The molecule has 0 unspecified atom stereocenters. The molecule has 1 amide bonds. The summed E-state index contributed by atoms with van der Waals surface area (Å²) in [6.45, 7) is 7.10. The van der Waals surface area contributed by atoms with Gasteiger partial charge < -0.3 is 9.80 Å². The second-order valence-corrected chi connectivity index (χ2v) is 8.60. The number of rotatable bonds is 6. The number of Topliss-reactive ketones (excluding diaryl/α,β-unsaturated/α-hetero) is 1. The number of carbonyl (C=O) groups is 2. The Kier molecular flexibility index (Phi) is 5.65. The first-order chi connectivity index (χ1) is 14.0. The zero-order chi connectivity index (χ0) is 20.4. The largest absolute Gasteiger partial charge is 0.352 e. The van der Waals surface area contributed by atoms with Gasteiger partial charge in [0.2, 0.25) is 0 Å². The number of amides is 1. The maximum Gasteiger partial charge on any atom is 0.255 e. The zero-order valence-corrected chi connectivity index (χ0v) is 17.2. The highest BCUT2D eigenvalue weighted by molar-refractivity contribution is 5.94. The van der Waals surface area contributed by atoms with Crippen LogP contribution in [0.2, 0.25) is 0 Å². The third-order valence-electron chi connectivity index (χ3n) is 5.85. The summed E-state index contributed by atoms with van der Waals surface area (Å²) in [6.07, 6.45) is 7.81. The number of likely N-dealkylation sites (tertiary alicyclic amines) is 1. The van der Waals surface area contributed by atoms with E-state index in [0.717, 1.165) is 31.7 Å². The first-order valence-electron chi connectivity index (χ1n) is 10.5. The predicted octanol–water partition coefficient (Wildman–Crippen LogP) is 2.81. The topological polar surface area (TPSA) is 71.3 Å². The maximum absolute atomic E-state index is 12.9. The van der Waals surface area contributed by atoms with E-state index in [1.165, 1.54) is 0 Å². The minimum absolute atomic E-state index is 0.0240. The van der Waals surface area contributed by atoms with E-state index in [1.54, 1.807) is 12.4 Å². The third kappa shape index (κ3) is 4.33. The van der Waals surface area contributed by atoms with Crippen LogP contribution in [-0.4, -0.2) is 57.5 Å². The number of piperidine rings is 1. The van der Waals surface area contributed by atoms with Gasteiger partial charge in [0.15, 0.2) is 0 Å². The third-order valence-corrected chi connectivity index (χ3v) is 5.85. The standard InChI is InChI=1S/C22H29N5O2/c1-16(2)11-20(28)18-5-3-9-25(13-18)22(29)17-6-7-21(23-12-17)26-14-19(15-26)27-10-4-8-24-27/h4,6-8,10,12,16,18-19H,3,5,9,11,13-15H2,1-2H3/t18-/m0/s1. The molecular weight excluding hydrogens is 366 g/mol. The maximum atomic E-state index is 12.9. The number of anilines is 1. The minimum atomic E-state index is -0.0253. The lowest BCUT2D eigenvalue weighted by Gasteiger charge is -2.40. The summed E-state index contributed by atoms with van der Waals surface area (Å²) in [5, 5.41) is 4.28. The van der Waals surface area contributed by atoms with E-state index < -0.39 is 0 Å². The lowest BCUT2D eigenvalue weighted by Crippen LogP contribution is -2.48. The van der Waals surface area contributed by atoms with Gasteiger partial charge in [0.05, 0.1) is 11.6 Å². The predicted molar refractivity (Wildman–Crippen MR) is 111 cm³/mol. The summed E-state index contributed by atoms with van der Waals surface area (Å²) in [7, 11) is 0. The van der Waals surface area contributed by atoms with Crippen LogP contribution >= 0.6 is 0 Å². The van der Waals surface area contributed by atoms with E-state index in [-0.39, 0.29) is 17.6 Å².